The molecule has 0 spiro atoms. The number of nitrogens with zero attached hydrogens (tertiary/aromatic N) is 4. The molecule has 0 radical (unpaired) electrons. The summed E-state index contributed by atoms with van der Waals surface area (Å²) in [6, 6.07) is -0.0542. The van der Waals surface area contributed by atoms with Crippen molar-refractivity contribution < 1.29 is 9.59 Å². The molecule has 0 saturated carbocycles. The Morgan fingerprint density at radius 2 is 1.40 bits per heavy atom. The molecule has 0 bridgehead atoms. The van der Waals surface area contributed by atoms with E-state index in [4.69, 9.17) is 0 Å². The molecule has 15 heavy (non-hydrogen) atoms. The van der Waals surface area contributed by atoms with Crippen LogP contribution in [0, 0.1) is 0 Å². The summed E-state index contributed by atoms with van der Waals surface area (Å²) < 4.78 is 0. The number of carbonyl (C=O) groups excluding carboxylic acids is 2. The first-order valence-electron chi connectivity index (χ1n) is 5.03. The molecule has 2 aliphatic heterocycles. The van der Waals surface area contributed by atoms with Crippen molar-refractivity contribution in [2.45, 2.75) is 19.3 Å². The van der Waals surface area contributed by atoms with E-state index in [-0.39, 0.29) is 24.4 Å². The van der Waals surface area contributed by atoms with Gasteiger partial charge in [0.15, 0.2) is 0 Å². The maximum Gasteiger partial charge on any atom is 0.323 e. The minimum Gasteiger partial charge on any atom is -0.303 e. The molecule has 0 aromatic rings. The maximum atomic E-state index is 11.8. The van der Waals surface area contributed by atoms with Crippen LogP contribution in [-0.4, -0.2) is 71.7 Å². The van der Waals surface area contributed by atoms with Crippen LogP contribution >= 0.6 is 0 Å². The number of hydrogen-bond donors (Lipinski definition) is 0. The Balaban J connectivity index is 2.38. The molecular formula is C9H16N4O2. The van der Waals surface area contributed by atoms with Gasteiger partial charge in [0.25, 0.3) is 0 Å². The topological polar surface area (TPSA) is 47.1 Å². The summed E-state index contributed by atoms with van der Waals surface area (Å²) in [6.45, 7) is 2.54. The van der Waals surface area contributed by atoms with Crippen LogP contribution in [0.25, 0.3) is 0 Å². The summed E-state index contributed by atoms with van der Waals surface area (Å²) in [7, 11) is 5.20. The first-order valence-corrected chi connectivity index (χ1v) is 5.03. The van der Waals surface area contributed by atoms with Gasteiger partial charge in [-0.05, 0) is 6.92 Å². The fraction of sp³-hybridized carbons (Fsp3) is 0.778. The number of urea groups is 2. The van der Waals surface area contributed by atoms with E-state index in [9.17, 15) is 9.59 Å². The molecule has 2 rings (SSSR count). The zero-order chi connectivity index (χ0) is 11.3. The number of carbonyl (C=O) groups is 2. The molecule has 84 valence electrons. The molecule has 4 amide bonds. The first kappa shape index (κ1) is 10.1. The van der Waals surface area contributed by atoms with E-state index in [0.29, 0.717) is 6.54 Å². The Morgan fingerprint density at radius 1 is 0.933 bits per heavy atom. The van der Waals surface area contributed by atoms with E-state index in [0.717, 1.165) is 0 Å². The monoisotopic (exact) mass is 212 g/mol. The number of likely N-dealkylation sites (N-methyl/N-ethyl adjacent to an activating group) is 4. The summed E-state index contributed by atoms with van der Waals surface area (Å²) in [4.78, 5) is 30.1. The molecule has 6 nitrogen and oxygen atoms in total. The fourth-order valence-corrected chi connectivity index (χ4v) is 2.46. The van der Waals surface area contributed by atoms with E-state index in [1.165, 1.54) is 0 Å². The molecule has 2 aliphatic rings. The van der Waals surface area contributed by atoms with Crippen molar-refractivity contribution in [3.05, 3.63) is 0 Å². The average molecular weight is 212 g/mol. The Morgan fingerprint density at radius 3 is 1.93 bits per heavy atom. The maximum absolute atomic E-state index is 11.8. The number of amides is 4. The summed E-state index contributed by atoms with van der Waals surface area (Å²) >= 11 is 0. The van der Waals surface area contributed by atoms with Gasteiger partial charge in [-0.1, -0.05) is 0 Å². The third-order valence-electron chi connectivity index (χ3n) is 3.27. The van der Waals surface area contributed by atoms with Gasteiger partial charge in [0, 0.05) is 27.7 Å². The van der Waals surface area contributed by atoms with Gasteiger partial charge >= 0.3 is 12.1 Å². The predicted molar refractivity (Wildman–Crippen MR) is 54.0 cm³/mol. The molecule has 0 aromatic carbocycles. The van der Waals surface area contributed by atoms with Crippen molar-refractivity contribution in [2.24, 2.45) is 0 Å². The number of fused-ring (bicyclic) bond motifs is 1. The summed E-state index contributed by atoms with van der Waals surface area (Å²) in [5.74, 6) is 0. The minimum atomic E-state index is -0.157. The van der Waals surface area contributed by atoms with Crippen molar-refractivity contribution in [1.82, 2.24) is 19.6 Å². The molecule has 0 N–H and O–H groups in total. The van der Waals surface area contributed by atoms with Crippen LogP contribution in [-0.2, 0) is 0 Å². The van der Waals surface area contributed by atoms with E-state index in [1.807, 2.05) is 6.92 Å². The van der Waals surface area contributed by atoms with Gasteiger partial charge in [-0.15, -0.1) is 0 Å². The average Bonchev–Trinajstić information content (AvgIpc) is 2.59. The quantitative estimate of drug-likeness (QED) is 0.615. The molecule has 0 unspecified atom stereocenters. The second-order valence-corrected chi connectivity index (χ2v) is 4.01. The van der Waals surface area contributed by atoms with E-state index < -0.39 is 0 Å². The lowest BCUT2D eigenvalue weighted by Crippen LogP contribution is -2.44. The van der Waals surface area contributed by atoms with Crippen LogP contribution < -0.4 is 0 Å². The fourth-order valence-electron chi connectivity index (χ4n) is 2.46. The standard InChI is InChI=1S/C9H16N4O2/c1-5-13-7-6(11(3)9(13)15)10(2)8(14)12(7)4/h6-7H,5H2,1-4H3/t6-,7+/m0/s1. The zero-order valence-electron chi connectivity index (χ0n) is 9.47. The lowest BCUT2D eigenvalue weighted by molar-refractivity contribution is 0.148. The molecule has 0 aromatic heterocycles. The highest BCUT2D eigenvalue weighted by molar-refractivity contribution is 5.84. The van der Waals surface area contributed by atoms with Crippen molar-refractivity contribution in [1.29, 1.82) is 0 Å². The Kier molecular flexibility index (Phi) is 2.02. The van der Waals surface area contributed by atoms with Crippen LogP contribution in [0.1, 0.15) is 6.92 Å². The molecule has 2 heterocycles. The van der Waals surface area contributed by atoms with E-state index >= 15 is 0 Å². The van der Waals surface area contributed by atoms with Crippen molar-refractivity contribution in [3.63, 3.8) is 0 Å². The smallest absolute Gasteiger partial charge is 0.303 e. The summed E-state index contributed by atoms with van der Waals surface area (Å²) in [5.41, 5.74) is 0. The van der Waals surface area contributed by atoms with Gasteiger partial charge in [-0.2, -0.15) is 0 Å². The third kappa shape index (κ3) is 1.04. The second kappa shape index (κ2) is 3.01. The second-order valence-electron chi connectivity index (χ2n) is 4.01. The summed E-state index contributed by atoms with van der Waals surface area (Å²) in [6.07, 6.45) is -0.306. The molecular weight excluding hydrogens is 196 g/mol. The van der Waals surface area contributed by atoms with Crippen molar-refractivity contribution >= 4 is 12.1 Å². The largest absolute Gasteiger partial charge is 0.323 e. The highest BCUT2D eigenvalue weighted by Gasteiger charge is 2.54. The van der Waals surface area contributed by atoms with Crippen LogP contribution in [0.3, 0.4) is 0 Å². The normalized spacial score (nSPS) is 30.7. The minimum absolute atomic E-state index is 0.0151. The first-order chi connectivity index (χ1) is 7.00. The van der Waals surface area contributed by atoms with Gasteiger partial charge in [0.05, 0.1) is 0 Å². The number of hydrogen-bond acceptors (Lipinski definition) is 2. The third-order valence-corrected chi connectivity index (χ3v) is 3.27. The van der Waals surface area contributed by atoms with Crippen LogP contribution in [0.2, 0.25) is 0 Å². The Labute approximate surface area is 89.0 Å². The molecule has 2 fully saturated rings. The van der Waals surface area contributed by atoms with Gasteiger partial charge in [0.2, 0.25) is 0 Å². The zero-order valence-corrected chi connectivity index (χ0v) is 9.47. The van der Waals surface area contributed by atoms with E-state index in [2.05, 4.69) is 0 Å². The highest BCUT2D eigenvalue weighted by Crippen LogP contribution is 2.31. The van der Waals surface area contributed by atoms with Gasteiger partial charge in [0.1, 0.15) is 12.3 Å². The SMILES string of the molecule is CCN1C(=O)N(C)[C@H]2[C@@H]1N(C)C(=O)N2C. The molecule has 0 aliphatic carbocycles. The van der Waals surface area contributed by atoms with Crippen LogP contribution in [0.15, 0.2) is 0 Å². The van der Waals surface area contributed by atoms with Gasteiger partial charge < -0.3 is 19.6 Å². The van der Waals surface area contributed by atoms with Crippen molar-refractivity contribution in [3.8, 4) is 0 Å². The predicted octanol–water partition coefficient (Wildman–Crippen LogP) is 0.0231. The number of rotatable bonds is 1. The Bertz CT molecular complexity index is 319. The van der Waals surface area contributed by atoms with E-state index in [1.54, 1.807) is 40.7 Å². The summed E-state index contributed by atoms with van der Waals surface area (Å²) in [5, 5.41) is 0. The molecule has 6 heteroatoms. The molecule has 2 saturated heterocycles. The van der Waals surface area contributed by atoms with Crippen LogP contribution in [0.5, 0.6) is 0 Å². The lowest BCUT2D eigenvalue weighted by Gasteiger charge is -2.24. The highest BCUT2D eigenvalue weighted by atomic mass is 16.2. The molecule has 2 atom stereocenters. The van der Waals surface area contributed by atoms with Crippen LogP contribution in [0.4, 0.5) is 9.59 Å². The van der Waals surface area contributed by atoms with Gasteiger partial charge in [-0.25, -0.2) is 9.59 Å². The van der Waals surface area contributed by atoms with Gasteiger partial charge in [-0.3, -0.25) is 0 Å². The lowest BCUT2D eigenvalue weighted by atomic mass is 10.3. The van der Waals surface area contributed by atoms with Crippen molar-refractivity contribution in [2.75, 3.05) is 27.7 Å². The Hall–Kier alpha value is -1.46.